The van der Waals surface area contributed by atoms with Gasteiger partial charge in [0.05, 0.1) is 5.69 Å². The van der Waals surface area contributed by atoms with Gasteiger partial charge in [0.2, 0.25) is 0 Å². The van der Waals surface area contributed by atoms with Crippen LogP contribution in [0.1, 0.15) is 33.1 Å². The molecule has 0 amide bonds. The van der Waals surface area contributed by atoms with Crippen LogP contribution in [0.25, 0.3) is 0 Å². The monoisotopic (exact) mass is 207 g/mol. The number of nitrogens with zero attached hydrogens (tertiary/aromatic N) is 1. The molecular weight excluding hydrogens is 186 g/mol. The van der Waals surface area contributed by atoms with Crippen molar-refractivity contribution in [3.8, 4) is 0 Å². The van der Waals surface area contributed by atoms with E-state index in [1.165, 1.54) is 19.3 Å². The Morgan fingerprint density at radius 1 is 1.40 bits per heavy atom. The van der Waals surface area contributed by atoms with E-state index in [2.05, 4.69) is 24.1 Å². The summed E-state index contributed by atoms with van der Waals surface area (Å²) in [5.74, 6) is 1.60. The molecule has 1 rings (SSSR count). The summed E-state index contributed by atoms with van der Waals surface area (Å²) >= 11 is 0. The van der Waals surface area contributed by atoms with Gasteiger partial charge in [0.15, 0.2) is 0 Å². The first-order valence-electron chi connectivity index (χ1n) is 5.64. The van der Waals surface area contributed by atoms with Crippen molar-refractivity contribution in [3.63, 3.8) is 0 Å². The van der Waals surface area contributed by atoms with E-state index in [-0.39, 0.29) is 0 Å². The topological polar surface area (TPSA) is 50.9 Å². The number of anilines is 2. The highest BCUT2D eigenvalue weighted by Gasteiger charge is 1.98. The Bertz CT molecular complexity index is 284. The van der Waals surface area contributed by atoms with Crippen molar-refractivity contribution in [2.75, 3.05) is 17.6 Å². The van der Waals surface area contributed by atoms with Gasteiger partial charge >= 0.3 is 0 Å². The molecule has 0 fully saturated rings. The second-order valence-corrected chi connectivity index (χ2v) is 4.26. The van der Waals surface area contributed by atoms with E-state index in [0.717, 1.165) is 24.0 Å². The first-order valence-corrected chi connectivity index (χ1v) is 5.64. The van der Waals surface area contributed by atoms with Gasteiger partial charge in [0.1, 0.15) is 5.82 Å². The molecule has 0 aliphatic carbocycles. The van der Waals surface area contributed by atoms with Gasteiger partial charge in [0, 0.05) is 12.7 Å². The summed E-state index contributed by atoms with van der Waals surface area (Å²) in [5.41, 5.74) is 6.48. The molecule has 84 valence electrons. The molecule has 0 aromatic carbocycles. The molecule has 3 N–H and O–H groups in total. The maximum absolute atomic E-state index is 5.76. The highest BCUT2D eigenvalue weighted by Crippen LogP contribution is 2.13. The fourth-order valence-electron chi connectivity index (χ4n) is 1.45. The third-order valence-corrected chi connectivity index (χ3v) is 2.34. The van der Waals surface area contributed by atoms with Crippen LogP contribution in [0.4, 0.5) is 11.5 Å². The molecule has 0 atom stereocenters. The maximum Gasteiger partial charge on any atom is 0.149 e. The number of aromatic nitrogens is 1. The summed E-state index contributed by atoms with van der Waals surface area (Å²) in [6, 6.07) is 3.71. The smallest absolute Gasteiger partial charge is 0.149 e. The predicted octanol–water partition coefficient (Wildman–Crippen LogP) is 2.90. The first kappa shape index (κ1) is 11.8. The van der Waals surface area contributed by atoms with Gasteiger partial charge in [-0.05, 0) is 24.5 Å². The van der Waals surface area contributed by atoms with Crippen LogP contribution in [-0.2, 0) is 0 Å². The van der Waals surface area contributed by atoms with Crippen molar-refractivity contribution in [1.29, 1.82) is 0 Å². The lowest BCUT2D eigenvalue weighted by Gasteiger charge is -2.08. The quantitative estimate of drug-likeness (QED) is 0.705. The molecule has 0 radical (unpaired) electrons. The van der Waals surface area contributed by atoms with Crippen molar-refractivity contribution in [1.82, 2.24) is 4.98 Å². The highest BCUT2D eigenvalue weighted by molar-refractivity contribution is 5.60. The van der Waals surface area contributed by atoms with Crippen LogP contribution in [-0.4, -0.2) is 11.5 Å². The number of unbranched alkanes of at least 4 members (excludes halogenated alkanes) is 1. The van der Waals surface area contributed by atoms with E-state index < -0.39 is 0 Å². The zero-order valence-electron chi connectivity index (χ0n) is 9.66. The van der Waals surface area contributed by atoms with Crippen LogP contribution in [0.15, 0.2) is 18.3 Å². The van der Waals surface area contributed by atoms with Crippen LogP contribution >= 0.6 is 0 Å². The van der Waals surface area contributed by atoms with Crippen molar-refractivity contribution in [2.45, 2.75) is 33.1 Å². The molecule has 1 heterocycles. The number of nitrogens with two attached hydrogens (primary N) is 1. The van der Waals surface area contributed by atoms with E-state index in [4.69, 9.17) is 5.73 Å². The van der Waals surface area contributed by atoms with Gasteiger partial charge in [-0.15, -0.1) is 0 Å². The summed E-state index contributed by atoms with van der Waals surface area (Å²) in [7, 11) is 0. The van der Waals surface area contributed by atoms with E-state index in [1.807, 2.05) is 12.1 Å². The second kappa shape index (κ2) is 6.27. The van der Waals surface area contributed by atoms with Gasteiger partial charge in [-0.3, -0.25) is 0 Å². The Morgan fingerprint density at radius 2 is 2.20 bits per heavy atom. The third-order valence-electron chi connectivity index (χ3n) is 2.34. The molecule has 0 saturated heterocycles. The molecule has 0 aliphatic rings. The molecule has 0 aliphatic heterocycles. The molecule has 0 saturated carbocycles. The zero-order valence-corrected chi connectivity index (χ0v) is 9.66. The van der Waals surface area contributed by atoms with E-state index in [1.54, 1.807) is 6.20 Å². The van der Waals surface area contributed by atoms with Crippen molar-refractivity contribution in [3.05, 3.63) is 18.3 Å². The number of hydrogen-bond donors (Lipinski definition) is 2. The van der Waals surface area contributed by atoms with Crippen LogP contribution < -0.4 is 11.1 Å². The van der Waals surface area contributed by atoms with E-state index >= 15 is 0 Å². The number of hydrogen-bond acceptors (Lipinski definition) is 3. The number of nitrogen functional groups attached to an aromatic ring is 1. The fourth-order valence-corrected chi connectivity index (χ4v) is 1.45. The maximum atomic E-state index is 5.76. The minimum Gasteiger partial charge on any atom is -0.396 e. The van der Waals surface area contributed by atoms with Gasteiger partial charge in [-0.25, -0.2) is 4.98 Å². The number of nitrogens with one attached hydrogen (secondary N) is 1. The molecule has 0 unspecified atom stereocenters. The zero-order chi connectivity index (χ0) is 11.1. The molecule has 1 aromatic heterocycles. The molecule has 3 heteroatoms. The minimum absolute atomic E-state index is 0.723. The van der Waals surface area contributed by atoms with Gasteiger partial charge in [-0.1, -0.05) is 26.7 Å². The Labute approximate surface area is 92.1 Å². The number of rotatable bonds is 6. The van der Waals surface area contributed by atoms with Crippen molar-refractivity contribution < 1.29 is 0 Å². The average Bonchev–Trinajstić information content (AvgIpc) is 2.20. The standard InChI is InChI=1S/C12H21N3/c1-10(2)6-3-4-8-14-12-11(13)7-5-9-15-12/h5,7,9-10H,3-4,6,8,13H2,1-2H3,(H,14,15). The van der Waals surface area contributed by atoms with E-state index in [0.29, 0.717) is 0 Å². The van der Waals surface area contributed by atoms with Crippen LogP contribution in [0, 0.1) is 5.92 Å². The average molecular weight is 207 g/mol. The Kier molecular flexibility index (Phi) is 4.95. The number of pyridine rings is 1. The third kappa shape index (κ3) is 4.68. The molecular formula is C12H21N3. The normalized spacial score (nSPS) is 10.6. The molecule has 3 nitrogen and oxygen atoms in total. The van der Waals surface area contributed by atoms with Crippen LogP contribution in [0.5, 0.6) is 0 Å². The van der Waals surface area contributed by atoms with Crippen molar-refractivity contribution >= 4 is 11.5 Å². The first-order chi connectivity index (χ1) is 7.20. The second-order valence-electron chi connectivity index (χ2n) is 4.26. The summed E-state index contributed by atoms with van der Waals surface area (Å²) in [4.78, 5) is 4.17. The Balaban J connectivity index is 2.18. The van der Waals surface area contributed by atoms with Gasteiger partial charge in [0.25, 0.3) is 0 Å². The molecule has 0 bridgehead atoms. The SMILES string of the molecule is CC(C)CCCCNc1ncccc1N. The van der Waals surface area contributed by atoms with Gasteiger partial charge < -0.3 is 11.1 Å². The van der Waals surface area contributed by atoms with Crippen molar-refractivity contribution in [2.24, 2.45) is 5.92 Å². The summed E-state index contributed by atoms with van der Waals surface area (Å²) in [6.07, 6.45) is 5.48. The highest BCUT2D eigenvalue weighted by atomic mass is 15.0. The van der Waals surface area contributed by atoms with Crippen LogP contribution in [0.2, 0.25) is 0 Å². The lowest BCUT2D eigenvalue weighted by Crippen LogP contribution is -2.06. The van der Waals surface area contributed by atoms with Crippen LogP contribution in [0.3, 0.4) is 0 Å². The summed E-state index contributed by atoms with van der Waals surface area (Å²) < 4.78 is 0. The largest absolute Gasteiger partial charge is 0.396 e. The van der Waals surface area contributed by atoms with E-state index in [9.17, 15) is 0 Å². The Morgan fingerprint density at radius 3 is 2.87 bits per heavy atom. The fraction of sp³-hybridized carbons (Fsp3) is 0.583. The summed E-state index contributed by atoms with van der Waals surface area (Å²) in [6.45, 7) is 5.46. The molecule has 15 heavy (non-hydrogen) atoms. The lowest BCUT2D eigenvalue weighted by molar-refractivity contribution is 0.544. The predicted molar refractivity (Wildman–Crippen MR) is 65.8 cm³/mol. The molecule has 0 spiro atoms. The Hall–Kier alpha value is -1.25. The minimum atomic E-state index is 0.723. The lowest BCUT2D eigenvalue weighted by atomic mass is 10.1. The molecule has 1 aromatic rings. The van der Waals surface area contributed by atoms with Gasteiger partial charge in [-0.2, -0.15) is 0 Å². The summed E-state index contributed by atoms with van der Waals surface area (Å²) in [5, 5.41) is 3.25.